The lowest BCUT2D eigenvalue weighted by Gasteiger charge is -2.16. The molecule has 0 saturated heterocycles. The van der Waals surface area contributed by atoms with Crippen LogP contribution in [0, 0.1) is 45.3 Å². The van der Waals surface area contributed by atoms with E-state index in [1.165, 1.54) is 54.9 Å². The summed E-state index contributed by atoms with van der Waals surface area (Å²) < 4.78 is 0. The molecule has 142 heavy (non-hydrogen) atoms. The molecule has 0 aliphatic carbocycles. The number of rotatable bonds is 13. The van der Waals surface area contributed by atoms with E-state index in [0.29, 0.717) is 22.3 Å². The summed E-state index contributed by atoms with van der Waals surface area (Å²) in [5.41, 5.74) is 34.6. The number of aromatic nitrogens is 4. The minimum atomic E-state index is 0.646. The van der Waals surface area contributed by atoms with E-state index in [1.807, 2.05) is 170 Å². The van der Waals surface area contributed by atoms with Crippen LogP contribution in [0.1, 0.15) is 22.3 Å². The van der Waals surface area contributed by atoms with Crippen LogP contribution in [0.5, 0.6) is 0 Å². The Morgan fingerprint density at radius 3 is 0.648 bits per heavy atom. The number of nitriles is 4. The molecule has 0 N–H and O–H groups in total. The Morgan fingerprint density at radius 2 is 0.345 bits per heavy atom. The monoisotopic (exact) mass is 1800 g/mol. The summed E-state index contributed by atoms with van der Waals surface area (Å²) in [6.45, 7) is 0. The zero-order valence-corrected chi connectivity index (χ0v) is 77.1. The fourth-order valence-corrected chi connectivity index (χ4v) is 19.5. The summed E-state index contributed by atoms with van der Waals surface area (Å²) in [7, 11) is 0. The van der Waals surface area contributed by atoms with Gasteiger partial charge in [-0.05, 0) is 207 Å². The van der Waals surface area contributed by atoms with Crippen molar-refractivity contribution in [1.29, 1.82) is 21.0 Å². The molecule has 0 atom stereocenters. The summed E-state index contributed by atoms with van der Waals surface area (Å²) >= 11 is 0. The number of fused-ring (bicyclic) bond motifs is 12. The van der Waals surface area contributed by atoms with Crippen LogP contribution in [0.15, 0.2) is 510 Å². The van der Waals surface area contributed by atoms with Gasteiger partial charge in [0.1, 0.15) is 0 Å². The van der Waals surface area contributed by atoms with Crippen LogP contribution in [-0.2, 0) is 0 Å². The molecule has 25 rings (SSSR count). The van der Waals surface area contributed by atoms with Gasteiger partial charge in [-0.2, -0.15) is 21.0 Å². The van der Waals surface area contributed by atoms with E-state index < -0.39 is 0 Å². The largest absolute Gasteiger partial charge is 0.247 e. The zero-order chi connectivity index (χ0) is 95.6. The smallest absolute Gasteiger partial charge is 0.0998 e. The lowest BCUT2D eigenvalue weighted by molar-refractivity contribution is 1.40. The standard InChI is InChI=1S/C38H24N2.3C32H20N2/c39-25-26-15-17-27(18-16-26)28-19-21-30(22-20-28)35-24-37(31-11-5-2-6-12-31)40-38-33-14-8-7-13-32(33)34(23-36(35)38)29-9-3-1-4-10-29;33-21-22-10-9-15-25(18-22)29-20-31(24-13-5-2-6-14-24)34-32-27-17-8-7-16-26(27)28(19-30(29)32)23-11-3-1-4-12-23;33-21-24-15-7-8-16-25(24)29-20-31(23-13-5-2-6-14-23)34-32-27-18-10-9-17-26(27)28(19-30(29)32)22-11-3-1-4-12-22;33-21-22-15-17-24(18-16-22)29-20-31(25-11-5-2-6-12-25)34-32-27-14-8-7-13-26(27)28(19-30(29)32)23-9-3-1-4-10-23/h1-24H;3*1-20H. The Bertz CT molecular complexity index is 9250. The minimum Gasteiger partial charge on any atom is -0.247 e. The van der Waals surface area contributed by atoms with Crippen molar-refractivity contribution in [1.82, 2.24) is 19.9 Å². The van der Waals surface area contributed by atoms with Crippen molar-refractivity contribution in [3.8, 4) is 169 Å². The predicted molar refractivity (Wildman–Crippen MR) is 587 cm³/mol. The van der Waals surface area contributed by atoms with Gasteiger partial charge in [-0.1, -0.05) is 419 Å². The zero-order valence-electron chi connectivity index (χ0n) is 77.1. The number of hydrogen-bond acceptors (Lipinski definition) is 8. The molecule has 8 heteroatoms. The Balaban J connectivity index is 0.000000109. The van der Waals surface area contributed by atoms with Gasteiger partial charge in [0.15, 0.2) is 0 Å². The predicted octanol–water partition coefficient (Wildman–Crippen LogP) is 34.7. The highest BCUT2D eigenvalue weighted by atomic mass is 14.7. The van der Waals surface area contributed by atoms with Gasteiger partial charge in [0.05, 0.1) is 91.4 Å². The molecule has 660 valence electrons. The third-order valence-corrected chi connectivity index (χ3v) is 26.4. The van der Waals surface area contributed by atoms with Crippen molar-refractivity contribution in [3.05, 3.63) is 532 Å². The first-order valence-electron chi connectivity index (χ1n) is 47.3. The van der Waals surface area contributed by atoms with E-state index in [0.717, 1.165) is 177 Å². The Hall–Kier alpha value is -19.7. The molecule has 0 saturated carbocycles. The molecular formula is C134H84N8. The highest BCUT2D eigenvalue weighted by Crippen LogP contribution is 2.47. The van der Waals surface area contributed by atoms with E-state index in [1.54, 1.807) is 0 Å². The van der Waals surface area contributed by atoms with Gasteiger partial charge >= 0.3 is 0 Å². The number of hydrogen-bond donors (Lipinski definition) is 0. The van der Waals surface area contributed by atoms with Crippen LogP contribution < -0.4 is 0 Å². The first kappa shape index (κ1) is 87.6. The number of pyridine rings is 4. The third-order valence-electron chi connectivity index (χ3n) is 26.4. The van der Waals surface area contributed by atoms with Crippen LogP contribution in [0.25, 0.3) is 232 Å². The second kappa shape index (κ2) is 39.7. The van der Waals surface area contributed by atoms with E-state index in [4.69, 9.17) is 25.2 Å². The highest BCUT2D eigenvalue weighted by Gasteiger charge is 2.24. The van der Waals surface area contributed by atoms with Gasteiger partial charge in [0.25, 0.3) is 0 Å². The molecule has 0 aliphatic heterocycles. The molecule has 4 aromatic heterocycles. The SMILES string of the molecule is N#Cc1ccc(-c2cc(-c3ccccc3)nc3c2cc(-c2ccccc2)c2ccccc23)cc1.N#Cc1ccc(-c2ccc(-c3cc(-c4ccccc4)nc4c3cc(-c3ccccc3)c3ccccc34)cc2)cc1.N#Cc1cccc(-c2cc(-c3ccccc3)nc3c2cc(-c2ccccc2)c2ccccc23)c1.N#Cc1ccccc1-c1cc(-c2ccccc2)nc2c1cc(-c1ccccc1)c1ccccc12. The first-order valence-corrected chi connectivity index (χ1v) is 47.3. The molecule has 8 nitrogen and oxygen atoms in total. The van der Waals surface area contributed by atoms with Gasteiger partial charge < -0.3 is 0 Å². The van der Waals surface area contributed by atoms with Gasteiger partial charge in [-0.25, -0.2) is 19.9 Å². The van der Waals surface area contributed by atoms with Crippen molar-refractivity contribution in [2.45, 2.75) is 0 Å². The minimum absolute atomic E-state index is 0.646. The number of benzene rings is 21. The molecule has 0 radical (unpaired) electrons. The maximum Gasteiger partial charge on any atom is 0.0998 e. The van der Waals surface area contributed by atoms with E-state index in [-0.39, 0.29) is 0 Å². The average molecular weight is 1810 g/mol. The molecule has 4 heterocycles. The van der Waals surface area contributed by atoms with Crippen molar-refractivity contribution in [2.24, 2.45) is 0 Å². The summed E-state index contributed by atoms with van der Waals surface area (Å²) in [4.78, 5) is 20.8. The van der Waals surface area contributed by atoms with Crippen molar-refractivity contribution >= 4 is 86.7 Å². The Labute approximate surface area is 823 Å². The molecular weight excluding hydrogens is 1720 g/mol. The number of nitrogens with zero attached hydrogens (tertiary/aromatic N) is 8. The lowest BCUT2D eigenvalue weighted by atomic mass is 9.90. The van der Waals surface area contributed by atoms with Gasteiger partial charge in [-0.3, -0.25) is 0 Å². The van der Waals surface area contributed by atoms with Crippen molar-refractivity contribution in [3.63, 3.8) is 0 Å². The summed E-state index contributed by atoms with van der Waals surface area (Å²) in [5, 5.41) is 51.4. The molecule has 0 amide bonds. The third kappa shape index (κ3) is 17.7. The second-order valence-corrected chi connectivity index (χ2v) is 34.9. The quantitative estimate of drug-likeness (QED) is 0.104. The van der Waals surface area contributed by atoms with Crippen molar-refractivity contribution in [2.75, 3.05) is 0 Å². The molecule has 25 aromatic rings. The first-order chi connectivity index (χ1) is 70.2. The normalized spacial score (nSPS) is 10.9. The molecule has 21 aromatic carbocycles. The van der Waals surface area contributed by atoms with Crippen LogP contribution in [0.3, 0.4) is 0 Å². The van der Waals surface area contributed by atoms with Crippen LogP contribution in [0.2, 0.25) is 0 Å². The molecule has 0 unspecified atom stereocenters. The van der Waals surface area contributed by atoms with Crippen LogP contribution in [0.4, 0.5) is 0 Å². The Kier molecular flexibility index (Phi) is 24.5. The fourth-order valence-electron chi connectivity index (χ4n) is 19.5. The molecule has 0 spiro atoms. The van der Waals surface area contributed by atoms with Gasteiger partial charge in [0.2, 0.25) is 0 Å². The van der Waals surface area contributed by atoms with E-state index >= 15 is 0 Å². The molecule has 0 bridgehead atoms. The summed E-state index contributed by atoms with van der Waals surface area (Å²) in [5.74, 6) is 0. The maximum absolute atomic E-state index is 9.88. The molecule has 0 fully saturated rings. The highest BCUT2D eigenvalue weighted by molar-refractivity contribution is 6.21. The van der Waals surface area contributed by atoms with Crippen LogP contribution >= 0.6 is 0 Å². The summed E-state index contributed by atoms with van der Waals surface area (Å²) in [6, 6.07) is 184. The topological polar surface area (TPSA) is 147 Å². The fraction of sp³-hybridized carbons (Fsp3) is 0. The maximum atomic E-state index is 9.88. The summed E-state index contributed by atoms with van der Waals surface area (Å²) in [6.07, 6.45) is 0. The molecule has 0 aliphatic rings. The van der Waals surface area contributed by atoms with E-state index in [2.05, 4.69) is 364 Å². The van der Waals surface area contributed by atoms with Crippen LogP contribution in [-0.4, -0.2) is 19.9 Å². The van der Waals surface area contributed by atoms with Crippen molar-refractivity contribution < 1.29 is 0 Å². The van der Waals surface area contributed by atoms with E-state index in [9.17, 15) is 15.8 Å². The second-order valence-electron chi connectivity index (χ2n) is 34.9. The lowest BCUT2D eigenvalue weighted by Crippen LogP contribution is -1.94. The van der Waals surface area contributed by atoms with Gasteiger partial charge in [0, 0.05) is 70.9 Å². The average Bonchev–Trinajstić information content (AvgIpc) is 0.743. The van der Waals surface area contributed by atoms with Gasteiger partial charge in [-0.15, -0.1) is 0 Å². The Morgan fingerprint density at radius 1 is 0.127 bits per heavy atom.